The van der Waals surface area contributed by atoms with Crippen LogP contribution in [0.15, 0.2) is 66.7 Å². The van der Waals surface area contributed by atoms with E-state index in [0.29, 0.717) is 0 Å². The van der Waals surface area contributed by atoms with Crippen LogP contribution in [-0.2, 0) is 0 Å². The molecule has 104 valence electrons. The first-order valence-corrected chi connectivity index (χ1v) is 9.12. The SMILES string of the molecule is Ic1ccc2sc3c4cc5ccccc5cc4ccc3c2c1. The molecule has 22 heavy (non-hydrogen) atoms. The van der Waals surface area contributed by atoms with Gasteiger partial charge in [-0.1, -0.05) is 36.4 Å². The molecule has 1 heterocycles. The van der Waals surface area contributed by atoms with Crippen LogP contribution in [0.25, 0.3) is 41.7 Å². The van der Waals surface area contributed by atoms with Crippen LogP contribution in [0.1, 0.15) is 0 Å². The maximum absolute atomic E-state index is 2.39. The van der Waals surface area contributed by atoms with Gasteiger partial charge in [-0.25, -0.2) is 0 Å². The normalized spacial score (nSPS) is 11.9. The molecule has 5 aromatic rings. The van der Waals surface area contributed by atoms with Gasteiger partial charge in [0.15, 0.2) is 0 Å². The van der Waals surface area contributed by atoms with Crippen molar-refractivity contribution in [3.63, 3.8) is 0 Å². The lowest BCUT2D eigenvalue weighted by atomic mass is 10.0. The fourth-order valence-corrected chi connectivity index (χ4v) is 4.92. The number of hydrogen-bond donors (Lipinski definition) is 0. The summed E-state index contributed by atoms with van der Waals surface area (Å²) < 4.78 is 4.07. The summed E-state index contributed by atoms with van der Waals surface area (Å²) in [5.74, 6) is 0. The van der Waals surface area contributed by atoms with Crippen molar-refractivity contribution in [1.29, 1.82) is 0 Å². The number of hydrogen-bond acceptors (Lipinski definition) is 1. The molecule has 0 amide bonds. The summed E-state index contributed by atoms with van der Waals surface area (Å²) in [6.07, 6.45) is 0. The van der Waals surface area contributed by atoms with Crippen LogP contribution in [-0.4, -0.2) is 0 Å². The minimum Gasteiger partial charge on any atom is -0.135 e. The third kappa shape index (κ3) is 1.80. The molecule has 0 radical (unpaired) electrons. The largest absolute Gasteiger partial charge is 0.135 e. The van der Waals surface area contributed by atoms with Crippen molar-refractivity contribution in [3.05, 3.63) is 70.3 Å². The zero-order valence-corrected chi connectivity index (χ0v) is 14.6. The molecule has 4 aromatic carbocycles. The Hall–Kier alpha value is -1.65. The number of fused-ring (bicyclic) bond motifs is 6. The molecule has 1 aromatic heterocycles. The zero-order chi connectivity index (χ0) is 14.7. The van der Waals surface area contributed by atoms with E-state index in [1.54, 1.807) is 0 Å². The van der Waals surface area contributed by atoms with Gasteiger partial charge in [0.2, 0.25) is 0 Å². The third-order valence-electron chi connectivity index (χ3n) is 4.28. The van der Waals surface area contributed by atoms with E-state index < -0.39 is 0 Å². The monoisotopic (exact) mass is 410 g/mol. The van der Waals surface area contributed by atoms with Gasteiger partial charge in [-0.2, -0.15) is 0 Å². The number of thiophene rings is 1. The summed E-state index contributed by atoms with van der Waals surface area (Å²) in [5.41, 5.74) is 0. The lowest BCUT2D eigenvalue weighted by Crippen LogP contribution is -1.77. The van der Waals surface area contributed by atoms with Crippen LogP contribution in [0, 0.1) is 3.57 Å². The van der Waals surface area contributed by atoms with Gasteiger partial charge in [0, 0.05) is 29.1 Å². The molecule has 0 fully saturated rings. The Kier molecular flexibility index (Phi) is 2.73. The highest BCUT2D eigenvalue weighted by Gasteiger charge is 2.09. The summed E-state index contributed by atoms with van der Waals surface area (Å²) in [5, 5.41) is 8.07. The van der Waals surface area contributed by atoms with Crippen molar-refractivity contribution >= 4 is 75.6 Å². The van der Waals surface area contributed by atoms with E-state index in [-0.39, 0.29) is 0 Å². The standard InChI is InChI=1S/C20H11IS/c21-15-6-8-19-18(11-15)16-7-5-14-9-12-3-1-2-4-13(12)10-17(14)20(16)22-19/h1-11H. The van der Waals surface area contributed by atoms with Crippen molar-refractivity contribution in [2.24, 2.45) is 0 Å². The fraction of sp³-hybridized carbons (Fsp3) is 0. The van der Waals surface area contributed by atoms with Gasteiger partial charge in [-0.05, 0) is 69.1 Å². The number of halogens is 1. The van der Waals surface area contributed by atoms with Crippen molar-refractivity contribution in [1.82, 2.24) is 0 Å². The van der Waals surface area contributed by atoms with Crippen molar-refractivity contribution < 1.29 is 0 Å². The second-order valence-electron chi connectivity index (χ2n) is 5.61. The van der Waals surface area contributed by atoms with Gasteiger partial charge < -0.3 is 0 Å². The maximum Gasteiger partial charge on any atom is 0.0434 e. The van der Waals surface area contributed by atoms with Crippen LogP contribution in [0.2, 0.25) is 0 Å². The average molecular weight is 410 g/mol. The highest BCUT2D eigenvalue weighted by atomic mass is 127. The van der Waals surface area contributed by atoms with Crippen LogP contribution in [0.3, 0.4) is 0 Å². The second kappa shape index (κ2) is 4.67. The maximum atomic E-state index is 2.39. The average Bonchev–Trinajstić information content (AvgIpc) is 2.91. The predicted molar refractivity (Wildman–Crippen MR) is 107 cm³/mol. The molecule has 0 N–H and O–H groups in total. The molecule has 2 heteroatoms. The van der Waals surface area contributed by atoms with Crippen LogP contribution in [0.5, 0.6) is 0 Å². The van der Waals surface area contributed by atoms with Gasteiger partial charge in [0.05, 0.1) is 0 Å². The molecular weight excluding hydrogens is 399 g/mol. The summed E-state index contributed by atoms with van der Waals surface area (Å²) in [7, 11) is 0. The van der Waals surface area contributed by atoms with Crippen molar-refractivity contribution in [3.8, 4) is 0 Å². The summed E-state index contributed by atoms with van der Waals surface area (Å²) in [4.78, 5) is 0. The Morgan fingerprint density at radius 3 is 2.32 bits per heavy atom. The zero-order valence-electron chi connectivity index (χ0n) is 11.6. The van der Waals surface area contributed by atoms with E-state index in [2.05, 4.69) is 89.3 Å². The molecule has 0 unspecified atom stereocenters. The topological polar surface area (TPSA) is 0 Å². The van der Waals surface area contributed by atoms with E-state index in [9.17, 15) is 0 Å². The molecule has 0 atom stereocenters. The van der Waals surface area contributed by atoms with Gasteiger partial charge in [-0.15, -0.1) is 11.3 Å². The summed E-state index contributed by atoms with van der Waals surface area (Å²) in [6, 6.07) is 24.5. The lowest BCUT2D eigenvalue weighted by Gasteiger charge is -2.03. The molecule has 0 saturated carbocycles. The Labute approximate surface area is 145 Å². The Bertz CT molecular complexity index is 1180. The smallest absolute Gasteiger partial charge is 0.0434 e. The van der Waals surface area contributed by atoms with E-state index in [1.165, 1.54) is 45.3 Å². The Morgan fingerprint density at radius 2 is 1.45 bits per heavy atom. The van der Waals surface area contributed by atoms with Gasteiger partial charge >= 0.3 is 0 Å². The minimum atomic E-state index is 1.29. The third-order valence-corrected chi connectivity index (χ3v) is 6.17. The Morgan fingerprint density at radius 1 is 0.636 bits per heavy atom. The van der Waals surface area contributed by atoms with Gasteiger partial charge in [-0.3, -0.25) is 0 Å². The minimum absolute atomic E-state index is 1.29. The second-order valence-corrected chi connectivity index (χ2v) is 7.90. The van der Waals surface area contributed by atoms with E-state index in [1.807, 2.05) is 11.3 Å². The predicted octanol–water partition coefficient (Wildman–Crippen LogP) is 6.97. The molecular formula is C20H11IS. The van der Waals surface area contributed by atoms with Gasteiger partial charge in [0.1, 0.15) is 0 Å². The molecule has 5 rings (SSSR count). The molecule has 0 aliphatic heterocycles. The van der Waals surface area contributed by atoms with Crippen molar-refractivity contribution in [2.75, 3.05) is 0 Å². The summed E-state index contributed by atoms with van der Waals surface area (Å²) in [6.45, 7) is 0. The molecule has 0 nitrogen and oxygen atoms in total. The molecule has 0 bridgehead atoms. The lowest BCUT2D eigenvalue weighted by molar-refractivity contribution is 1.77. The number of benzene rings is 4. The first-order chi connectivity index (χ1) is 10.8. The van der Waals surface area contributed by atoms with Crippen LogP contribution >= 0.6 is 33.9 Å². The van der Waals surface area contributed by atoms with Crippen LogP contribution < -0.4 is 0 Å². The quantitative estimate of drug-likeness (QED) is 0.191. The van der Waals surface area contributed by atoms with E-state index >= 15 is 0 Å². The Balaban J connectivity index is 2.02. The fourth-order valence-electron chi connectivity index (χ4n) is 3.22. The van der Waals surface area contributed by atoms with Gasteiger partial charge in [0.25, 0.3) is 0 Å². The molecule has 0 aliphatic rings. The number of rotatable bonds is 0. The molecule has 0 aliphatic carbocycles. The molecule has 0 spiro atoms. The summed E-state index contributed by atoms with van der Waals surface area (Å²) >= 11 is 4.30. The highest BCUT2D eigenvalue weighted by molar-refractivity contribution is 14.1. The first-order valence-electron chi connectivity index (χ1n) is 7.23. The first kappa shape index (κ1) is 12.9. The highest BCUT2D eigenvalue weighted by Crippen LogP contribution is 2.39. The van der Waals surface area contributed by atoms with Crippen molar-refractivity contribution in [2.45, 2.75) is 0 Å². The van der Waals surface area contributed by atoms with E-state index in [0.717, 1.165) is 0 Å². The van der Waals surface area contributed by atoms with Crippen LogP contribution in [0.4, 0.5) is 0 Å². The van der Waals surface area contributed by atoms with E-state index in [4.69, 9.17) is 0 Å². The molecule has 0 saturated heterocycles.